The van der Waals surface area contributed by atoms with Crippen molar-refractivity contribution in [3.63, 3.8) is 0 Å². The molecule has 8 heteroatoms. The van der Waals surface area contributed by atoms with E-state index >= 15 is 0 Å². The van der Waals surface area contributed by atoms with Gasteiger partial charge in [-0.05, 0) is 36.1 Å². The molecule has 1 aliphatic heterocycles. The number of hydrogen-bond acceptors (Lipinski definition) is 7. The number of allylic oxidation sites excluding steroid dienone is 2. The monoisotopic (exact) mass is 352 g/mol. The second kappa shape index (κ2) is 7.05. The van der Waals surface area contributed by atoms with Gasteiger partial charge in [-0.15, -0.1) is 11.8 Å². The molecule has 1 heterocycles. The number of nitrogens with zero attached hydrogens (tertiary/aromatic N) is 2. The van der Waals surface area contributed by atoms with Gasteiger partial charge in [0.2, 0.25) is 0 Å². The van der Waals surface area contributed by atoms with E-state index in [1.165, 1.54) is 11.8 Å². The van der Waals surface area contributed by atoms with Gasteiger partial charge in [0.25, 0.3) is 0 Å². The van der Waals surface area contributed by atoms with Crippen molar-refractivity contribution in [3.8, 4) is 6.07 Å². The van der Waals surface area contributed by atoms with Crippen LogP contribution in [0.4, 0.5) is 0 Å². The van der Waals surface area contributed by atoms with Gasteiger partial charge in [-0.2, -0.15) is 13.7 Å². The summed E-state index contributed by atoms with van der Waals surface area (Å²) in [6.45, 7) is 0. The third-order valence-electron chi connectivity index (χ3n) is 2.59. The van der Waals surface area contributed by atoms with E-state index in [0.29, 0.717) is 15.5 Å². The van der Waals surface area contributed by atoms with Crippen LogP contribution < -0.4 is 0 Å². The fourth-order valence-electron chi connectivity index (χ4n) is 1.64. The number of hydrogen-bond donors (Lipinski definition) is 0. The Kier molecular flexibility index (Phi) is 5.34. The van der Waals surface area contributed by atoms with Crippen LogP contribution in [0.3, 0.4) is 0 Å². The van der Waals surface area contributed by atoms with Crippen LogP contribution in [0.5, 0.6) is 0 Å². The van der Waals surface area contributed by atoms with Crippen LogP contribution in [0.25, 0.3) is 5.57 Å². The maximum absolute atomic E-state index is 10.9. The third-order valence-corrected chi connectivity index (χ3v) is 4.66. The summed E-state index contributed by atoms with van der Waals surface area (Å²) in [4.78, 5) is 1.82. The molecule has 0 bridgehead atoms. The summed E-state index contributed by atoms with van der Waals surface area (Å²) in [7, 11) is -3.63. The standard InChI is InChI=1S/C14H12N2O3S3/c1-20-11-5-3-10(4-6-11)12(9-15)13-7-8-14(21-13)16-19-22(2,17)18/h3-8H,1-2H3. The second-order valence-electron chi connectivity index (χ2n) is 4.22. The summed E-state index contributed by atoms with van der Waals surface area (Å²) in [5, 5.41) is 13.3. The van der Waals surface area contributed by atoms with Gasteiger partial charge in [-0.1, -0.05) is 29.1 Å². The molecular formula is C14H12N2O3S3. The summed E-state index contributed by atoms with van der Waals surface area (Å²) in [5.74, 6) is 0. The normalized spacial score (nSPS) is 18.3. The van der Waals surface area contributed by atoms with Crippen molar-refractivity contribution in [1.82, 2.24) is 0 Å². The minimum Gasteiger partial charge on any atom is -0.268 e. The van der Waals surface area contributed by atoms with Gasteiger partial charge < -0.3 is 0 Å². The maximum Gasteiger partial charge on any atom is 0.325 e. The Bertz CT molecular complexity index is 801. The van der Waals surface area contributed by atoms with Crippen molar-refractivity contribution in [3.05, 3.63) is 46.9 Å². The molecule has 0 unspecified atom stereocenters. The Hall–Kier alpha value is -1.69. The molecule has 0 saturated carbocycles. The highest BCUT2D eigenvalue weighted by Gasteiger charge is 2.16. The molecule has 0 spiro atoms. The lowest BCUT2D eigenvalue weighted by atomic mass is 10.1. The molecule has 1 aromatic rings. The van der Waals surface area contributed by atoms with Crippen LogP contribution in [0, 0.1) is 11.3 Å². The molecule has 0 radical (unpaired) electrons. The number of oxime groups is 1. The second-order valence-corrected chi connectivity index (χ2v) is 7.72. The Morgan fingerprint density at radius 3 is 2.55 bits per heavy atom. The Labute approximate surface area is 137 Å². The molecule has 0 aromatic heterocycles. The largest absolute Gasteiger partial charge is 0.325 e. The lowest BCUT2D eigenvalue weighted by Crippen LogP contribution is -1.98. The quantitative estimate of drug-likeness (QED) is 0.470. The van der Waals surface area contributed by atoms with E-state index in [1.54, 1.807) is 23.9 Å². The van der Waals surface area contributed by atoms with Crippen molar-refractivity contribution < 1.29 is 12.7 Å². The predicted molar refractivity (Wildman–Crippen MR) is 90.9 cm³/mol. The lowest BCUT2D eigenvalue weighted by molar-refractivity contribution is 0.345. The number of benzene rings is 1. The fraction of sp³-hybridized carbons (Fsp3) is 0.143. The number of nitriles is 1. The molecule has 5 nitrogen and oxygen atoms in total. The summed E-state index contributed by atoms with van der Waals surface area (Å²) in [5.41, 5.74) is 1.32. The van der Waals surface area contributed by atoms with Crippen molar-refractivity contribution in [2.75, 3.05) is 12.5 Å². The average Bonchev–Trinajstić information content (AvgIpc) is 2.95. The molecule has 0 aliphatic carbocycles. The van der Waals surface area contributed by atoms with Gasteiger partial charge in [0, 0.05) is 9.80 Å². The topological polar surface area (TPSA) is 79.5 Å². The Balaban J connectivity index is 2.26. The zero-order chi connectivity index (χ0) is 16.2. The molecule has 1 aliphatic rings. The van der Waals surface area contributed by atoms with Crippen LogP contribution >= 0.6 is 23.5 Å². The van der Waals surface area contributed by atoms with Crippen molar-refractivity contribution in [1.29, 1.82) is 5.26 Å². The minimum atomic E-state index is -3.63. The third kappa shape index (κ3) is 4.40. The van der Waals surface area contributed by atoms with E-state index in [4.69, 9.17) is 0 Å². The molecule has 0 N–H and O–H groups in total. The van der Waals surface area contributed by atoms with Crippen LogP contribution in [-0.4, -0.2) is 26.0 Å². The van der Waals surface area contributed by atoms with Crippen LogP contribution in [-0.2, 0) is 14.4 Å². The van der Waals surface area contributed by atoms with Crippen LogP contribution in [0.15, 0.2) is 51.4 Å². The van der Waals surface area contributed by atoms with E-state index in [1.807, 2.05) is 30.5 Å². The first-order valence-electron chi connectivity index (χ1n) is 6.04. The van der Waals surface area contributed by atoms with E-state index in [0.717, 1.165) is 16.7 Å². The van der Waals surface area contributed by atoms with Crippen molar-refractivity contribution in [2.24, 2.45) is 5.16 Å². The van der Waals surface area contributed by atoms with E-state index < -0.39 is 10.1 Å². The van der Waals surface area contributed by atoms with Gasteiger partial charge in [-0.25, -0.2) is 0 Å². The van der Waals surface area contributed by atoms with Gasteiger partial charge in [0.05, 0.1) is 11.8 Å². The Morgan fingerprint density at radius 1 is 1.32 bits per heavy atom. The number of thioether (sulfide) groups is 2. The summed E-state index contributed by atoms with van der Waals surface area (Å²) >= 11 is 2.82. The zero-order valence-electron chi connectivity index (χ0n) is 11.8. The minimum absolute atomic E-state index is 0.383. The molecule has 114 valence electrons. The molecule has 0 saturated heterocycles. The first-order valence-corrected chi connectivity index (χ1v) is 9.90. The summed E-state index contributed by atoms with van der Waals surface area (Å²) in [6, 6.07) is 9.84. The molecule has 0 atom stereocenters. The summed E-state index contributed by atoms with van der Waals surface area (Å²) < 4.78 is 26.2. The highest BCUT2D eigenvalue weighted by atomic mass is 32.2. The summed E-state index contributed by atoms with van der Waals surface area (Å²) in [6.07, 6.45) is 6.23. The Morgan fingerprint density at radius 2 is 2.00 bits per heavy atom. The average molecular weight is 352 g/mol. The molecular weight excluding hydrogens is 340 g/mol. The lowest BCUT2D eigenvalue weighted by Gasteiger charge is -2.03. The molecule has 22 heavy (non-hydrogen) atoms. The highest BCUT2D eigenvalue weighted by Crippen LogP contribution is 2.34. The zero-order valence-corrected chi connectivity index (χ0v) is 14.3. The van der Waals surface area contributed by atoms with Gasteiger partial charge in [0.15, 0.2) is 0 Å². The molecule has 0 amide bonds. The smallest absolute Gasteiger partial charge is 0.268 e. The molecule has 0 fully saturated rings. The van der Waals surface area contributed by atoms with Gasteiger partial charge in [0.1, 0.15) is 11.1 Å². The van der Waals surface area contributed by atoms with E-state index in [9.17, 15) is 13.7 Å². The van der Waals surface area contributed by atoms with Crippen molar-refractivity contribution in [2.45, 2.75) is 4.90 Å². The fourth-order valence-corrected chi connectivity index (χ4v) is 3.14. The van der Waals surface area contributed by atoms with Crippen LogP contribution in [0.2, 0.25) is 0 Å². The van der Waals surface area contributed by atoms with Crippen molar-refractivity contribution >= 4 is 44.3 Å². The van der Waals surface area contributed by atoms with E-state index in [-0.39, 0.29) is 0 Å². The predicted octanol–water partition coefficient (Wildman–Crippen LogP) is 3.24. The first-order chi connectivity index (χ1) is 10.4. The van der Waals surface area contributed by atoms with Crippen LogP contribution in [0.1, 0.15) is 5.56 Å². The van der Waals surface area contributed by atoms with Gasteiger partial charge >= 0.3 is 10.1 Å². The highest BCUT2D eigenvalue weighted by molar-refractivity contribution is 8.18. The SMILES string of the molecule is CSc1ccc(C(C#N)=C2C=CC(=NOS(C)(=O)=O)S2)cc1. The number of rotatable bonds is 4. The molecule has 1 aromatic carbocycles. The van der Waals surface area contributed by atoms with E-state index in [2.05, 4.69) is 15.5 Å². The molecule has 2 rings (SSSR count). The first kappa shape index (κ1) is 16.7. The maximum atomic E-state index is 10.9. The van der Waals surface area contributed by atoms with Gasteiger partial charge in [-0.3, -0.25) is 4.28 Å².